The molecule has 0 aliphatic carbocycles. The number of hydrogen-bond acceptors (Lipinski definition) is 4. The lowest BCUT2D eigenvalue weighted by atomic mass is 10.0. The molecule has 2 aliphatic rings. The molecule has 1 unspecified atom stereocenters. The largest absolute Gasteiger partial charge is 0.494 e. The lowest BCUT2D eigenvalue weighted by Crippen LogP contribution is -2.52. The van der Waals surface area contributed by atoms with Gasteiger partial charge in [0.2, 0.25) is 11.8 Å². The summed E-state index contributed by atoms with van der Waals surface area (Å²) in [5.41, 5.74) is 0.848. The molecule has 0 spiro atoms. The van der Waals surface area contributed by atoms with Gasteiger partial charge < -0.3 is 9.64 Å². The molecule has 3 amide bonds. The second kappa shape index (κ2) is 10.6. The topological polar surface area (TPSA) is 75.7 Å². The number of halogens is 1. The van der Waals surface area contributed by atoms with E-state index in [9.17, 15) is 18.8 Å². The predicted octanol–water partition coefficient (Wildman–Crippen LogP) is 3.43. The summed E-state index contributed by atoms with van der Waals surface area (Å²) >= 11 is 0. The Kier molecular flexibility index (Phi) is 8.91. The van der Waals surface area contributed by atoms with Crippen molar-refractivity contribution in [3.8, 4) is 5.75 Å². The lowest BCUT2D eigenvalue weighted by Gasteiger charge is -2.29. The number of hydrogen-bond donors (Lipinski definition) is 1. The monoisotopic (exact) mass is 380 g/mol. The summed E-state index contributed by atoms with van der Waals surface area (Å²) in [4.78, 5) is 36.7. The summed E-state index contributed by atoms with van der Waals surface area (Å²) in [6.07, 6.45) is 3.11. The standard InChI is InChI=1S/C14H13FN2O4.C4H10.C2H6/c1-21-11-4-7-6-17(14(20)8(7)5-9(11)15)10-2-3-12(18)16-13(10)19;1-3-4-2;1-2/h4-5,10H,2-3,6H2,1H3,(H,16,18,19);3-4H2,1-2H3;1-2H3. The number of carbonyl (C=O) groups excluding carboxylic acids is 3. The molecule has 1 aromatic rings. The van der Waals surface area contributed by atoms with E-state index in [1.54, 1.807) is 0 Å². The molecule has 2 heterocycles. The lowest BCUT2D eigenvalue weighted by molar-refractivity contribution is -0.136. The number of unbranched alkanes of at least 4 members (excludes halogenated alkanes) is 1. The Bertz CT molecular complexity index is 689. The average Bonchev–Trinajstić information content (AvgIpc) is 2.98. The second-order valence-electron chi connectivity index (χ2n) is 6.04. The molecule has 1 aromatic carbocycles. The van der Waals surface area contributed by atoms with Crippen LogP contribution in [0.1, 0.15) is 69.3 Å². The number of amides is 3. The molecular formula is C20H29FN2O4. The Morgan fingerprint density at radius 3 is 2.33 bits per heavy atom. The highest BCUT2D eigenvalue weighted by Gasteiger charge is 2.39. The minimum absolute atomic E-state index is 0.0617. The van der Waals surface area contributed by atoms with Gasteiger partial charge in [-0.2, -0.15) is 0 Å². The minimum Gasteiger partial charge on any atom is -0.494 e. The quantitative estimate of drug-likeness (QED) is 0.815. The first-order valence-electron chi connectivity index (χ1n) is 9.43. The van der Waals surface area contributed by atoms with Gasteiger partial charge in [0.1, 0.15) is 6.04 Å². The van der Waals surface area contributed by atoms with Crippen molar-refractivity contribution in [2.24, 2.45) is 0 Å². The fourth-order valence-electron chi connectivity index (χ4n) is 2.72. The van der Waals surface area contributed by atoms with Crippen molar-refractivity contribution in [2.45, 2.75) is 66.0 Å². The third-order valence-electron chi connectivity index (χ3n) is 4.30. The fraction of sp³-hybridized carbons (Fsp3) is 0.550. The van der Waals surface area contributed by atoms with Gasteiger partial charge in [0, 0.05) is 18.5 Å². The molecule has 0 radical (unpaired) electrons. The number of rotatable bonds is 3. The van der Waals surface area contributed by atoms with Gasteiger partial charge in [-0.15, -0.1) is 0 Å². The third-order valence-corrected chi connectivity index (χ3v) is 4.30. The van der Waals surface area contributed by atoms with Gasteiger partial charge >= 0.3 is 0 Å². The first-order chi connectivity index (χ1) is 12.9. The third kappa shape index (κ3) is 5.28. The zero-order valence-corrected chi connectivity index (χ0v) is 16.7. The van der Waals surface area contributed by atoms with Crippen LogP contribution in [0.4, 0.5) is 4.39 Å². The smallest absolute Gasteiger partial charge is 0.255 e. The van der Waals surface area contributed by atoms with Crippen LogP contribution in [0, 0.1) is 5.82 Å². The van der Waals surface area contributed by atoms with E-state index in [4.69, 9.17) is 4.74 Å². The molecule has 150 valence electrons. The molecule has 1 saturated heterocycles. The van der Waals surface area contributed by atoms with Crippen molar-refractivity contribution < 1.29 is 23.5 Å². The van der Waals surface area contributed by atoms with Gasteiger partial charge in [-0.05, 0) is 24.1 Å². The van der Waals surface area contributed by atoms with Crippen LogP contribution in [0.3, 0.4) is 0 Å². The Hall–Kier alpha value is -2.44. The summed E-state index contributed by atoms with van der Waals surface area (Å²) in [7, 11) is 1.35. The number of methoxy groups -OCH3 is 1. The number of imide groups is 1. The average molecular weight is 380 g/mol. The maximum absolute atomic E-state index is 13.7. The van der Waals surface area contributed by atoms with Crippen LogP contribution in [0.15, 0.2) is 12.1 Å². The van der Waals surface area contributed by atoms with E-state index >= 15 is 0 Å². The molecular weight excluding hydrogens is 351 g/mol. The Morgan fingerprint density at radius 2 is 1.81 bits per heavy atom. The SMILES string of the molecule is CC.CCCC.COc1cc2c(cc1F)C(=O)N(C1CCC(=O)NC1=O)C2. The van der Waals surface area contributed by atoms with Crippen molar-refractivity contribution in [3.05, 3.63) is 29.1 Å². The molecule has 0 aromatic heterocycles. The minimum atomic E-state index is -0.698. The van der Waals surface area contributed by atoms with Crippen LogP contribution in [0.2, 0.25) is 0 Å². The highest BCUT2D eigenvalue weighted by Crippen LogP contribution is 2.31. The van der Waals surface area contributed by atoms with E-state index < -0.39 is 23.7 Å². The first kappa shape index (κ1) is 22.6. The molecule has 27 heavy (non-hydrogen) atoms. The number of fused-ring (bicyclic) bond motifs is 1. The zero-order chi connectivity index (χ0) is 20.6. The van der Waals surface area contributed by atoms with Crippen molar-refractivity contribution in [3.63, 3.8) is 0 Å². The Labute approximate surface area is 160 Å². The molecule has 1 fully saturated rings. The van der Waals surface area contributed by atoms with E-state index in [-0.39, 0.29) is 36.6 Å². The van der Waals surface area contributed by atoms with Gasteiger partial charge in [-0.3, -0.25) is 19.7 Å². The number of nitrogens with one attached hydrogen (secondary N) is 1. The number of ether oxygens (including phenoxy) is 1. The number of carbonyl (C=O) groups is 3. The van der Waals surface area contributed by atoms with Gasteiger partial charge in [0.05, 0.1) is 7.11 Å². The fourth-order valence-corrected chi connectivity index (χ4v) is 2.72. The van der Waals surface area contributed by atoms with Crippen LogP contribution in [-0.2, 0) is 16.1 Å². The molecule has 1 N–H and O–H groups in total. The molecule has 0 saturated carbocycles. The van der Waals surface area contributed by atoms with Gasteiger partial charge in [-0.25, -0.2) is 4.39 Å². The normalized spacial score (nSPS) is 17.9. The maximum atomic E-state index is 13.7. The number of nitrogens with zero attached hydrogens (tertiary/aromatic N) is 1. The van der Waals surface area contributed by atoms with E-state index in [0.29, 0.717) is 5.56 Å². The van der Waals surface area contributed by atoms with Crippen molar-refractivity contribution in [1.29, 1.82) is 0 Å². The molecule has 7 heteroatoms. The van der Waals surface area contributed by atoms with E-state index in [1.165, 1.54) is 30.9 Å². The van der Waals surface area contributed by atoms with E-state index in [2.05, 4.69) is 19.2 Å². The number of piperidine rings is 1. The highest BCUT2D eigenvalue weighted by molar-refractivity contribution is 6.05. The van der Waals surface area contributed by atoms with Crippen LogP contribution in [0.25, 0.3) is 0 Å². The zero-order valence-electron chi connectivity index (χ0n) is 16.7. The van der Waals surface area contributed by atoms with Gasteiger partial charge in [-0.1, -0.05) is 40.5 Å². The summed E-state index contributed by atoms with van der Waals surface area (Å²) in [6.45, 7) is 8.57. The molecule has 3 rings (SSSR count). The molecule has 1 atom stereocenters. The summed E-state index contributed by atoms with van der Waals surface area (Å²) in [5, 5.41) is 2.22. The molecule has 6 nitrogen and oxygen atoms in total. The van der Waals surface area contributed by atoms with Gasteiger partial charge in [0.15, 0.2) is 11.6 Å². The summed E-state index contributed by atoms with van der Waals surface area (Å²) in [6, 6.07) is 1.90. The predicted molar refractivity (Wildman–Crippen MR) is 101 cm³/mol. The maximum Gasteiger partial charge on any atom is 0.255 e. The summed E-state index contributed by atoms with van der Waals surface area (Å²) < 4.78 is 18.6. The van der Waals surface area contributed by atoms with Crippen LogP contribution >= 0.6 is 0 Å². The number of benzene rings is 1. The van der Waals surface area contributed by atoms with Crippen molar-refractivity contribution in [1.82, 2.24) is 10.2 Å². The first-order valence-corrected chi connectivity index (χ1v) is 9.43. The highest BCUT2D eigenvalue weighted by atomic mass is 19.1. The Balaban J connectivity index is 0.000000541. The van der Waals surface area contributed by atoms with Crippen LogP contribution in [-0.4, -0.2) is 35.8 Å². The van der Waals surface area contributed by atoms with Crippen molar-refractivity contribution in [2.75, 3.05) is 7.11 Å². The molecule has 2 aliphatic heterocycles. The Morgan fingerprint density at radius 1 is 1.19 bits per heavy atom. The van der Waals surface area contributed by atoms with E-state index in [0.717, 1.165) is 6.07 Å². The van der Waals surface area contributed by atoms with Crippen LogP contribution < -0.4 is 10.1 Å². The van der Waals surface area contributed by atoms with Crippen LogP contribution in [0.5, 0.6) is 5.75 Å². The summed E-state index contributed by atoms with van der Waals surface area (Å²) in [5.74, 6) is -1.78. The van der Waals surface area contributed by atoms with Gasteiger partial charge in [0.25, 0.3) is 5.91 Å². The molecule has 0 bridgehead atoms. The van der Waals surface area contributed by atoms with E-state index in [1.807, 2.05) is 13.8 Å². The second-order valence-corrected chi connectivity index (χ2v) is 6.04. The van der Waals surface area contributed by atoms with Crippen molar-refractivity contribution >= 4 is 17.7 Å².